The summed E-state index contributed by atoms with van der Waals surface area (Å²) in [6.45, 7) is 3.73. The molecule has 1 amide bonds. The van der Waals surface area contributed by atoms with Gasteiger partial charge in [0.25, 0.3) is 5.91 Å². The summed E-state index contributed by atoms with van der Waals surface area (Å²) in [5.41, 5.74) is 3.22. The van der Waals surface area contributed by atoms with Crippen LogP contribution < -0.4 is 4.74 Å². The highest BCUT2D eigenvalue weighted by Crippen LogP contribution is 2.26. The second-order valence-electron chi connectivity index (χ2n) is 7.13. The summed E-state index contributed by atoms with van der Waals surface area (Å²) in [5.74, 6) is 0.824. The normalized spacial score (nSPS) is 14.3. The van der Waals surface area contributed by atoms with E-state index in [-0.39, 0.29) is 5.91 Å². The number of carbonyl (C=O) groups is 1. The lowest BCUT2D eigenvalue weighted by Gasteiger charge is -2.34. The number of rotatable bonds is 5. The number of methoxy groups -OCH3 is 1. The van der Waals surface area contributed by atoms with Gasteiger partial charge in [-0.25, -0.2) is 4.98 Å². The molecular formula is C23H22N4O2S. The third-order valence-corrected chi connectivity index (χ3v) is 6.11. The molecule has 0 aliphatic carbocycles. The molecule has 30 heavy (non-hydrogen) atoms. The van der Waals surface area contributed by atoms with Crippen molar-refractivity contribution in [3.63, 3.8) is 0 Å². The van der Waals surface area contributed by atoms with Crippen molar-refractivity contribution in [2.24, 2.45) is 0 Å². The third-order valence-electron chi connectivity index (χ3n) is 5.17. The number of ether oxygens (including phenoxy) is 1. The van der Waals surface area contributed by atoms with Gasteiger partial charge in [0.05, 0.1) is 24.4 Å². The summed E-state index contributed by atoms with van der Waals surface area (Å²) >= 11 is 1.64. The Hall–Kier alpha value is -3.21. The highest BCUT2D eigenvalue weighted by atomic mass is 32.1. The Balaban J connectivity index is 1.33. The molecule has 1 fully saturated rings. The molecule has 0 saturated carbocycles. The fraction of sp³-hybridized carbons (Fsp3) is 0.261. The molecule has 0 N–H and O–H groups in total. The molecule has 3 aromatic rings. The van der Waals surface area contributed by atoms with Crippen LogP contribution >= 0.6 is 11.3 Å². The Kier molecular flexibility index (Phi) is 6.07. The molecule has 0 bridgehead atoms. The number of nitriles is 1. The standard InChI is InChI=1S/C23H22N4O2S/c1-29-21-7-5-18(6-8-21)22-25-20(16-30-22)15-26-9-11-27(12-10-26)23(28)19-4-2-3-17(13-19)14-24/h2-8,13,16H,9-12,15H2,1H3. The van der Waals surface area contributed by atoms with Gasteiger partial charge in [0, 0.05) is 49.2 Å². The van der Waals surface area contributed by atoms with E-state index in [2.05, 4.69) is 16.3 Å². The van der Waals surface area contributed by atoms with E-state index in [1.165, 1.54) is 0 Å². The van der Waals surface area contributed by atoms with Crippen LogP contribution in [0.1, 0.15) is 21.6 Å². The maximum Gasteiger partial charge on any atom is 0.253 e. The van der Waals surface area contributed by atoms with Crippen LogP contribution in [0.5, 0.6) is 5.75 Å². The zero-order chi connectivity index (χ0) is 20.9. The number of carbonyl (C=O) groups excluding carboxylic acids is 1. The van der Waals surface area contributed by atoms with Gasteiger partial charge >= 0.3 is 0 Å². The third kappa shape index (κ3) is 4.51. The van der Waals surface area contributed by atoms with Crippen molar-refractivity contribution in [3.05, 3.63) is 70.7 Å². The van der Waals surface area contributed by atoms with Crippen molar-refractivity contribution >= 4 is 17.2 Å². The molecule has 0 spiro atoms. The van der Waals surface area contributed by atoms with Crippen molar-refractivity contribution in [3.8, 4) is 22.4 Å². The van der Waals surface area contributed by atoms with Gasteiger partial charge in [-0.2, -0.15) is 5.26 Å². The minimum Gasteiger partial charge on any atom is -0.497 e. The first-order valence-electron chi connectivity index (χ1n) is 9.77. The number of nitrogens with zero attached hydrogens (tertiary/aromatic N) is 4. The number of piperazine rings is 1. The molecular weight excluding hydrogens is 396 g/mol. The van der Waals surface area contributed by atoms with Gasteiger partial charge in [0.1, 0.15) is 10.8 Å². The Bertz CT molecular complexity index is 1060. The van der Waals surface area contributed by atoms with Gasteiger partial charge in [-0.15, -0.1) is 11.3 Å². The van der Waals surface area contributed by atoms with Crippen molar-refractivity contribution in [2.75, 3.05) is 33.3 Å². The number of amides is 1. The molecule has 0 radical (unpaired) electrons. The van der Waals surface area contributed by atoms with E-state index < -0.39 is 0 Å². The molecule has 2 aromatic carbocycles. The number of hydrogen-bond donors (Lipinski definition) is 0. The molecule has 1 saturated heterocycles. The Labute approximate surface area is 180 Å². The van der Waals surface area contributed by atoms with Gasteiger partial charge in [0.15, 0.2) is 0 Å². The van der Waals surface area contributed by atoms with Crippen LogP contribution in [-0.4, -0.2) is 54.0 Å². The summed E-state index contributed by atoms with van der Waals surface area (Å²) in [5, 5.41) is 12.1. The van der Waals surface area contributed by atoms with E-state index in [1.54, 1.807) is 42.7 Å². The highest BCUT2D eigenvalue weighted by Gasteiger charge is 2.23. The fourth-order valence-corrected chi connectivity index (χ4v) is 4.31. The second kappa shape index (κ2) is 9.08. The maximum absolute atomic E-state index is 12.7. The van der Waals surface area contributed by atoms with Crippen molar-refractivity contribution in [1.29, 1.82) is 5.26 Å². The molecule has 1 aliphatic rings. The van der Waals surface area contributed by atoms with E-state index in [4.69, 9.17) is 15.0 Å². The Morgan fingerprint density at radius 1 is 1.17 bits per heavy atom. The summed E-state index contributed by atoms with van der Waals surface area (Å²) < 4.78 is 5.21. The molecule has 1 aromatic heterocycles. The number of hydrogen-bond acceptors (Lipinski definition) is 6. The molecule has 6 nitrogen and oxygen atoms in total. The zero-order valence-electron chi connectivity index (χ0n) is 16.7. The van der Waals surface area contributed by atoms with Gasteiger partial charge in [-0.05, 0) is 42.5 Å². The smallest absolute Gasteiger partial charge is 0.253 e. The van der Waals surface area contributed by atoms with Crippen LogP contribution in [-0.2, 0) is 6.54 Å². The SMILES string of the molecule is COc1ccc(-c2nc(CN3CCN(C(=O)c4cccc(C#N)c4)CC3)cs2)cc1. The summed E-state index contributed by atoms with van der Waals surface area (Å²) in [4.78, 5) is 21.7. The van der Waals surface area contributed by atoms with Crippen LogP contribution in [0.15, 0.2) is 53.9 Å². The molecule has 2 heterocycles. The topological polar surface area (TPSA) is 69.5 Å². The second-order valence-corrected chi connectivity index (χ2v) is 7.99. The van der Waals surface area contributed by atoms with Gasteiger partial charge in [-0.1, -0.05) is 6.07 Å². The lowest BCUT2D eigenvalue weighted by atomic mass is 10.1. The van der Waals surface area contributed by atoms with Crippen LogP contribution in [0.2, 0.25) is 0 Å². The highest BCUT2D eigenvalue weighted by molar-refractivity contribution is 7.13. The minimum absolute atomic E-state index is 0.0119. The molecule has 1 aliphatic heterocycles. The van der Waals surface area contributed by atoms with E-state index in [0.717, 1.165) is 41.6 Å². The summed E-state index contributed by atoms with van der Waals surface area (Å²) in [6, 6.07) is 16.9. The van der Waals surface area contributed by atoms with Crippen LogP contribution in [0.4, 0.5) is 0 Å². The first kappa shape index (κ1) is 20.1. The van der Waals surface area contributed by atoms with Crippen LogP contribution in [0.25, 0.3) is 10.6 Å². The zero-order valence-corrected chi connectivity index (χ0v) is 17.6. The molecule has 152 valence electrons. The van der Waals surface area contributed by atoms with Crippen molar-refractivity contribution in [1.82, 2.24) is 14.8 Å². The van der Waals surface area contributed by atoms with E-state index in [1.807, 2.05) is 29.2 Å². The molecule has 0 unspecified atom stereocenters. The fourth-order valence-electron chi connectivity index (χ4n) is 3.49. The van der Waals surface area contributed by atoms with E-state index in [0.29, 0.717) is 24.2 Å². The number of aromatic nitrogens is 1. The predicted octanol–water partition coefficient (Wildman–Crippen LogP) is 3.65. The monoisotopic (exact) mass is 418 g/mol. The average molecular weight is 419 g/mol. The number of thiazole rings is 1. The Morgan fingerprint density at radius 2 is 1.93 bits per heavy atom. The predicted molar refractivity (Wildman–Crippen MR) is 116 cm³/mol. The summed E-state index contributed by atoms with van der Waals surface area (Å²) in [7, 11) is 1.66. The Morgan fingerprint density at radius 3 is 2.63 bits per heavy atom. The van der Waals surface area contributed by atoms with Gasteiger partial charge in [0.2, 0.25) is 0 Å². The summed E-state index contributed by atoms with van der Waals surface area (Å²) in [6.07, 6.45) is 0. The van der Waals surface area contributed by atoms with Crippen LogP contribution in [0.3, 0.4) is 0 Å². The molecule has 0 atom stereocenters. The first-order chi connectivity index (χ1) is 14.7. The largest absolute Gasteiger partial charge is 0.497 e. The van der Waals surface area contributed by atoms with Crippen molar-refractivity contribution < 1.29 is 9.53 Å². The quantitative estimate of drug-likeness (QED) is 0.633. The number of benzene rings is 2. The minimum atomic E-state index is -0.0119. The lowest BCUT2D eigenvalue weighted by Crippen LogP contribution is -2.48. The first-order valence-corrected chi connectivity index (χ1v) is 10.6. The lowest BCUT2D eigenvalue weighted by molar-refractivity contribution is 0.0627. The van der Waals surface area contributed by atoms with Gasteiger partial charge in [-0.3, -0.25) is 9.69 Å². The van der Waals surface area contributed by atoms with Gasteiger partial charge < -0.3 is 9.64 Å². The van der Waals surface area contributed by atoms with Crippen LogP contribution in [0, 0.1) is 11.3 Å². The van der Waals surface area contributed by atoms with Crippen molar-refractivity contribution in [2.45, 2.75) is 6.54 Å². The van der Waals surface area contributed by atoms with E-state index >= 15 is 0 Å². The van der Waals surface area contributed by atoms with E-state index in [9.17, 15) is 4.79 Å². The average Bonchev–Trinajstić information content (AvgIpc) is 3.27. The maximum atomic E-state index is 12.7. The molecule has 7 heteroatoms. The molecule has 4 rings (SSSR count).